The van der Waals surface area contributed by atoms with E-state index in [0.717, 1.165) is 4.90 Å². The number of carbonyl (C=O) groups is 2. The third-order valence-electron chi connectivity index (χ3n) is 3.08. The first-order chi connectivity index (χ1) is 8.66. The van der Waals surface area contributed by atoms with E-state index < -0.39 is 17.3 Å². The second kappa shape index (κ2) is 5.69. The maximum Gasteiger partial charge on any atom is 0.329 e. The average molecular weight is 332 g/mol. The van der Waals surface area contributed by atoms with Crippen molar-refractivity contribution >= 4 is 27.8 Å². The predicted molar refractivity (Wildman–Crippen MR) is 72.3 cm³/mol. The predicted octanol–water partition coefficient (Wildman–Crippen LogP) is 2.45. The van der Waals surface area contributed by atoms with Gasteiger partial charge in [-0.15, -0.1) is 0 Å². The lowest BCUT2D eigenvalue weighted by molar-refractivity contribution is -0.155. The third-order valence-corrected chi connectivity index (χ3v) is 3.72. The van der Waals surface area contributed by atoms with E-state index in [9.17, 15) is 14.0 Å². The molecule has 0 aliphatic rings. The smallest absolute Gasteiger partial charge is 0.329 e. The van der Waals surface area contributed by atoms with E-state index in [1.54, 1.807) is 6.07 Å². The molecule has 19 heavy (non-hydrogen) atoms. The minimum Gasteiger partial charge on any atom is -0.480 e. The van der Waals surface area contributed by atoms with E-state index in [-0.39, 0.29) is 12.3 Å². The largest absolute Gasteiger partial charge is 0.480 e. The molecule has 0 aromatic heterocycles. The van der Waals surface area contributed by atoms with Gasteiger partial charge in [0, 0.05) is 7.05 Å². The van der Waals surface area contributed by atoms with E-state index >= 15 is 0 Å². The second-order valence-electron chi connectivity index (χ2n) is 4.74. The van der Waals surface area contributed by atoms with Crippen LogP contribution in [0.1, 0.15) is 19.4 Å². The van der Waals surface area contributed by atoms with Gasteiger partial charge >= 0.3 is 5.97 Å². The summed E-state index contributed by atoms with van der Waals surface area (Å²) in [6.45, 7) is 2.88. The molecule has 0 unspecified atom stereocenters. The molecule has 0 fully saturated rings. The summed E-state index contributed by atoms with van der Waals surface area (Å²) in [4.78, 5) is 24.2. The molecule has 1 aromatic rings. The van der Waals surface area contributed by atoms with Gasteiger partial charge in [0.05, 0.1) is 10.9 Å². The van der Waals surface area contributed by atoms with E-state index in [1.165, 1.54) is 33.0 Å². The van der Waals surface area contributed by atoms with Gasteiger partial charge in [0.25, 0.3) is 0 Å². The van der Waals surface area contributed by atoms with E-state index in [2.05, 4.69) is 15.9 Å². The van der Waals surface area contributed by atoms with Crippen LogP contribution >= 0.6 is 15.9 Å². The highest BCUT2D eigenvalue weighted by atomic mass is 79.9. The summed E-state index contributed by atoms with van der Waals surface area (Å²) < 4.78 is 13.6. The minimum absolute atomic E-state index is 0.0442. The van der Waals surface area contributed by atoms with Crippen LogP contribution in [0.4, 0.5) is 4.39 Å². The standard InChI is InChI=1S/C13H15BrFNO3/c1-13(2,12(18)19)16(3)11(17)7-8-4-5-9(14)10(15)6-8/h4-6H,7H2,1-3H3,(H,18,19). The Labute approximate surface area is 119 Å². The zero-order valence-electron chi connectivity index (χ0n) is 10.9. The summed E-state index contributed by atoms with van der Waals surface area (Å²) in [7, 11) is 1.42. The van der Waals surface area contributed by atoms with Crippen molar-refractivity contribution in [2.75, 3.05) is 7.05 Å². The average Bonchev–Trinajstić information content (AvgIpc) is 2.32. The number of likely N-dealkylation sites (N-methyl/N-ethyl adjacent to an activating group) is 1. The van der Waals surface area contributed by atoms with Gasteiger partial charge in [0.2, 0.25) is 5.91 Å². The van der Waals surface area contributed by atoms with Crippen LogP contribution in [0.15, 0.2) is 22.7 Å². The summed E-state index contributed by atoms with van der Waals surface area (Å²) in [5.74, 6) is -1.93. The maximum atomic E-state index is 13.3. The van der Waals surface area contributed by atoms with Crippen molar-refractivity contribution in [3.05, 3.63) is 34.1 Å². The van der Waals surface area contributed by atoms with E-state index in [4.69, 9.17) is 5.11 Å². The number of amides is 1. The van der Waals surface area contributed by atoms with Crippen molar-refractivity contribution in [3.63, 3.8) is 0 Å². The number of hydrogen-bond acceptors (Lipinski definition) is 2. The van der Waals surface area contributed by atoms with Crippen molar-refractivity contribution in [2.24, 2.45) is 0 Å². The Kier molecular flexibility index (Phi) is 4.68. The molecule has 0 atom stereocenters. The normalized spacial score (nSPS) is 11.2. The number of halogens is 2. The zero-order valence-corrected chi connectivity index (χ0v) is 12.5. The van der Waals surface area contributed by atoms with Crippen molar-refractivity contribution in [1.29, 1.82) is 0 Å². The van der Waals surface area contributed by atoms with Crippen molar-refractivity contribution in [2.45, 2.75) is 25.8 Å². The first-order valence-electron chi connectivity index (χ1n) is 5.60. The van der Waals surface area contributed by atoms with Crippen LogP contribution in [0.3, 0.4) is 0 Å². The van der Waals surface area contributed by atoms with Crippen LogP contribution in [0.2, 0.25) is 0 Å². The summed E-state index contributed by atoms with van der Waals surface area (Å²) in [5, 5.41) is 9.05. The second-order valence-corrected chi connectivity index (χ2v) is 5.60. The molecule has 104 valence electrons. The van der Waals surface area contributed by atoms with Crippen LogP contribution in [0.25, 0.3) is 0 Å². The minimum atomic E-state index is -1.30. The molecule has 1 N–H and O–H groups in total. The number of rotatable bonds is 4. The van der Waals surface area contributed by atoms with Crippen molar-refractivity contribution in [3.8, 4) is 0 Å². The Balaban J connectivity index is 2.85. The van der Waals surface area contributed by atoms with Gasteiger partial charge in [-0.3, -0.25) is 4.79 Å². The number of carboxylic acids is 1. The monoisotopic (exact) mass is 331 g/mol. The molecule has 0 bridgehead atoms. The number of nitrogens with zero attached hydrogens (tertiary/aromatic N) is 1. The Hall–Kier alpha value is -1.43. The van der Waals surface area contributed by atoms with Crippen LogP contribution in [0, 0.1) is 5.82 Å². The highest BCUT2D eigenvalue weighted by Gasteiger charge is 2.34. The lowest BCUT2D eigenvalue weighted by Gasteiger charge is -2.31. The fourth-order valence-corrected chi connectivity index (χ4v) is 1.64. The van der Waals surface area contributed by atoms with Gasteiger partial charge in [0.15, 0.2) is 0 Å². The van der Waals surface area contributed by atoms with E-state index in [0.29, 0.717) is 10.0 Å². The summed E-state index contributed by atoms with van der Waals surface area (Å²) in [6.07, 6.45) is -0.0442. The molecule has 4 nitrogen and oxygen atoms in total. The summed E-state index contributed by atoms with van der Waals surface area (Å²) >= 11 is 3.03. The SMILES string of the molecule is CN(C(=O)Cc1ccc(Br)c(F)c1)C(C)(C)C(=O)O. The van der Waals surface area contributed by atoms with Gasteiger partial charge in [-0.05, 0) is 47.5 Å². The molecule has 0 radical (unpaired) electrons. The number of aliphatic carboxylic acids is 1. The topological polar surface area (TPSA) is 57.6 Å². The molecule has 0 aliphatic heterocycles. The number of carbonyl (C=O) groups excluding carboxylic acids is 1. The Morgan fingerprint density at radius 2 is 2.00 bits per heavy atom. The van der Waals surface area contributed by atoms with Gasteiger partial charge in [0.1, 0.15) is 11.4 Å². The molecule has 6 heteroatoms. The molecule has 0 saturated heterocycles. The third kappa shape index (κ3) is 3.53. The van der Waals surface area contributed by atoms with E-state index in [1.807, 2.05) is 0 Å². The van der Waals surface area contributed by atoms with Gasteiger partial charge in [-0.1, -0.05) is 6.07 Å². The molecule has 1 aromatic carbocycles. The Bertz CT molecular complexity index is 517. The van der Waals surface area contributed by atoms with Crippen molar-refractivity contribution in [1.82, 2.24) is 4.90 Å². The number of carboxylic acid groups (broad SMARTS) is 1. The van der Waals surface area contributed by atoms with Gasteiger partial charge in [-0.25, -0.2) is 9.18 Å². The molecular weight excluding hydrogens is 317 g/mol. The molecule has 0 saturated carbocycles. The Morgan fingerprint density at radius 1 is 1.42 bits per heavy atom. The summed E-state index contributed by atoms with van der Waals surface area (Å²) in [6, 6.07) is 4.39. The molecule has 1 rings (SSSR count). The highest BCUT2D eigenvalue weighted by molar-refractivity contribution is 9.10. The quantitative estimate of drug-likeness (QED) is 0.921. The molecule has 1 amide bonds. The van der Waals surface area contributed by atoms with Gasteiger partial charge < -0.3 is 10.0 Å². The first kappa shape index (κ1) is 15.6. The lowest BCUT2D eigenvalue weighted by Crippen LogP contribution is -2.51. The highest BCUT2D eigenvalue weighted by Crippen LogP contribution is 2.18. The number of benzene rings is 1. The molecule has 0 spiro atoms. The number of hydrogen-bond donors (Lipinski definition) is 1. The zero-order chi connectivity index (χ0) is 14.8. The molecule has 0 heterocycles. The fraction of sp³-hybridized carbons (Fsp3) is 0.385. The van der Waals surface area contributed by atoms with Crippen LogP contribution in [-0.4, -0.2) is 34.5 Å². The molecular formula is C13H15BrFNO3. The lowest BCUT2D eigenvalue weighted by atomic mass is 10.0. The molecule has 0 aliphatic carbocycles. The van der Waals surface area contributed by atoms with Crippen LogP contribution in [0.5, 0.6) is 0 Å². The van der Waals surface area contributed by atoms with Crippen molar-refractivity contribution < 1.29 is 19.1 Å². The fourth-order valence-electron chi connectivity index (χ4n) is 1.40. The van der Waals surface area contributed by atoms with Crippen LogP contribution in [-0.2, 0) is 16.0 Å². The first-order valence-corrected chi connectivity index (χ1v) is 6.39. The maximum absolute atomic E-state index is 13.3. The summed E-state index contributed by atoms with van der Waals surface area (Å²) in [5.41, 5.74) is -0.802. The van der Waals surface area contributed by atoms with Crippen LogP contribution < -0.4 is 0 Å². The van der Waals surface area contributed by atoms with Gasteiger partial charge in [-0.2, -0.15) is 0 Å². The Morgan fingerprint density at radius 3 is 2.47 bits per heavy atom.